The maximum atomic E-state index is 10.6. The van der Waals surface area contributed by atoms with Gasteiger partial charge in [-0.3, -0.25) is 4.79 Å². The largest absolute Gasteiger partial charge is 0.493 e. The van der Waals surface area contributed by atoms with Gasteiger partial charge in [0.1, 0.15) is 11.6 Å². The molecule has 0 atom stereocenters. The number of carboxylic acid groups (broad SMARTS) is 1. The Morgan fingerprint density at radius 2 is 1.86 bits per heavy atom. The highest BCUT2D eigenvalue weighted by atomic mass is 32.1. The van der Waals surface area contributed by atoms with Crippen LogP contribution in [-0.4, -0.2) is 32.6 Å². The lowest BCUT2D eigenvalue weighted by Gasteiger charge is -2.12. The van der Waals surface area contributed by atoms with Crippen LogP contribution in [0.4, 0.5) is 22.6 Å². The van der Waals surface area contributed by atoms with Gasteiger partial charge in [-0.1, -0.05) is 38.2 Å². The minimum atomic E-state index is -0.886. The first-order valence-electron chi connectivity index (χ1n) is 11.6. The van der Waals surface area contributed by atoms with Gasteiger partial charge >= 0.3 is 5.97 Å². The molecule has 0 unspecified atom stereocenters. The summed E-state index contributed by atoms with van der Waals surface area (Å²) in [7, 11) is 0. The Bertz CT molecular complexity index is 1300. The number of hydrogen-bond donors (Lipinski definition) is 3. The Morgan fingerprint density at radius 1 is 1.06 bits per heavy atom. The molecule has 3 N–H and O–H groups in total. The second-order valence-electron chi connectivity index (χ2n) is 8.61. The van der Waals surface area contributed by atoms with Gasteiger partial charge in [-0.2, -0.15) is 4.98 Å². The molecule has 0 amide bonds. The zero-order valence-corrected chi connectivity index (χ0v) is 20.9. The molecule has 0 aliphatic rings. The van der Waals surface area contributed by atoms with Gasteiger partial charge in [-0.05, 0) is 60.7 Å². The molecule has 8 nitrogen and oxygen atoms in total. The quantitative estimate of drug-likeness (QED) is 0.228. The second kappa shape index (κ2) is 11.1. The molecule has 4 aromatic rings. The third-order valence-corrected chi connectivity index (χ3v) is 6.12. The van der Waals surface area contributed by atoms with Crippen LogP contribution in [0.25, 0.3) is 10.2 Å². The molecule has 0 saturated carbocycles. The van der Waals surface area contributed by atoms with Crippen molar-refractivity contribution >= 4 is 50.1 Å². The number of hydrogen-bond acceptors (Lipinski definition) is 8. The normalized spacial score (nSPS) is 11.1. The smallest absolute Gasteiger partial charge is 0.306 e. The second-order valence-corrected chi connectivity index (χ2v) is 9.64. The number of thiazole rings is 1. The number of carboxylic acids is 1. The van der Waals surface area contributed by atoms with E-state index in [1.54, 1.807) is 23.5 Å². The van der Waals surface area contributed by atoms with E-state index in [4.69, 9.17) is 19.8 Å². The fourth-order valence-corrected chi connectivity index (χ4v) is 4.45. The van der Waals surface area contributed by atoms with Gasteiger partial charge in [-0.25, -0.2) is 9.97 Å². The van der Waals surface area contributed by atoms with E-state index in [2.05, 4.69) is 54.6 Å². The summed E-state index contributed by atoms with van der Waals surface area (Å²) in [5.41, 5.74) is 3.99. The van der Waals surface area contributed by atoms with Crippen LogP contribution in [0.2, 0.25) is 0 Å². The first kappa shape index (κ1) is 24.4. The lowest BCUT2D eigenvalue weighted by molar-refractivity contribution is -0.137. The first-order chi connectivity index (χ1) is 16.9. The highest BCUT2D eigenvalue weighted by Gasteiger charge is 2.11. The molecule has 2 aromatic heterocycles. The number of rotatable bonds is 11. The van der Waals surface area contributed by atoms with Crippen LogP contribution < -0.4 is 15.4 Å². The summed E-state index contributed by atoms with van der Waals surface area (Å²) in [5.74, 6) is 1.34. The van der Waals surface area contributed by atoms with Crippen LogP contribution >= 0.6 is 11.3 Å². The minimum Gasteiger partial charge on any atom is -0.493 e. The molecular formula is C26H29N5O3S. The molecule has 0 bridgehead atoms. The molecule has 2 heterocycles. The van der Waals surface area contributed by atoms with Gasteiger partial charge in [0.2, 0.25) is 5.95 Å². The molecule has 35 heavy (non-hydrogen) atoms. The summed E-state index contributed by atoms with van der Waals surface area (Å²) < 4.78 is 6.60. The topological polar surface area (TPSA) is 109 Å². The van der Waals surface area contributed by atoms with Gasteiger partial charge in [0.15, 0.2) is 5.13 Å². The van der Waals surface area contributed by atoms with Gasteiger partial charge < -0.3 is 20.5 Å². The van der Waals surface area contributed by atoms with E-state index in [9.17, 15) is 4.79 Å². The SMILES string of the molecule is CCc1ccc2nc(Nc3cc(CC(C)C)nc(Nc4ccc(OCCC(=O)O)cc4)n3)sc2c1. The fourth-order valence-electron chi connectivity index (χ4n) is 3.51. The number of aromatic nitrogens is 3. The van der Waals surface area contributed by atoms with Crippen LogP contribution in [-0.2, 0) is 17.6 Å². The number of nitrogens with zero attached hydrogens (tertiary/aromatic N) is 3. The predicted molar refractivity (Wildman–Crippen MR) is 140 cm³/mol. The molecule has 182 valence electrons. The van der Waals surface area contributed by atoms with Crippen LogP contribution in [0.5, 0.6) is 5.75 Å². The molecule has 0 spiro atoms. The maximum absolute atomic E-state index is 10.6. The number of anilines is 4. The van der Waals surface area contributed by atoms with Crippen molar-refractivity contribution < 1.29 is 14.6 Å². The highest BCUT2D eigenvalue weighted by Crippen LogP contribution is 2.30. The molecule has 0 aliphatic carbocycles. The van der Waals surface area contributed by atoms with Gasteiger partial charge in [0.05, 0.1) is 23.2 Å². The predicted octanol–water partition coefficient (Wildman–Crippen LogP) is 6.19. The van der Waals surface area contributed by atoms with Crippen molar-refractivity contribution in [2.45, 2.75) is 40.0 Å². The van der Waals surface area contributed by atoms with Crippen molar-refractivity contribution in [2.75, 3.05) is 17.2 Å². The van der Waals surface area contributed by atoms with Gasteiger partial charge in [0, 0.05) is 17.4 Å². The molecule has 4 rings (SSSR count). The van der Waals surface area contributed by atoms with E-state index in [1.165, 1.54) is 5.56 Å². The summed E-state index contributed by atoms with van der Waals surface area (Å²) in [6, 6.07) is 15.6. The van der Waals surface area contributed by atoms with Crippen molar-refractivity contribution in [1.82, 2.24) is 15.0 Å². The van der Waals surface area contributed by atoms with Crippen LogP contribution in [0.15, 0.2) is 48.5 Å². The van der Waals surface area contributed by atoms with Gasteiger partial charge in [0.25, 0.3) is 0 Å². The Hall–Kier alpha value is -3.72. The van der Waals surface area contributed by atoms with E-state index in [0.29, 0.717) is 23.4 Å². The fraction of sp³-hybridized carbons (Fsp3) is 0.308. The Balaban J connectivity index is 1.52. The van der Waals surface area contributed by atoms with Crippen LogP contribution in [0.3, 0.4) is 0 Å². The Kier molecular flexibility index (Phi) is 7.77. The molecular weight excluding hydrogens is 462 g/mol. The summed E-state index contributed by atoms with van der Waals surface area (Å²) in [4.78, 5) is 24.7. The van der Waals surface area contributed by atoms with E-state index < -0.39 is 5.97 Å². The van der Waals surface area contributed by atoms with E-state index in [-0.39, 0.29) is 13.0 Å². The summed E-state index contributed by atoms with van der Waals surface area (Å²) in [6.45, 7) is 6.59. The molecule has 0 saturated heterocycles. The van der Waals surface area contributed by atoms with Crippen molar-refractivity contribution in [3.63, 3.8) is 0 Å². The number of aryl methyl sites for hydroxylation is 1. The number of carbonyl (C=O) groups is 1. The lowest BCUT2D eigenvalue weighted by Crippen LogP contribution is -2.06. The highest BCUT2D eigenvalue weighted by molar-refractivity contribution is 7.22. The summed E-state index contributed by atoms with van der Waals surface area (Å²) >= 11 is 1.61. The Morgan fingerprint density at radius 3 is 2.57 bits per heavy atom. The van der Waals surface area contributed by atoms with Crippen LogP contribution in [0.1, 0.15) is 38.4 Å². The van der Waals surface area contributed by atoms with Crippen LogP contribution in [0, 0.1) is 5.92 Å². The van der Waals surface area contributed by atoms with E-state index in [0.717, 1.165) is 39.6 Å². The zero-order chi connectivity index (χ0) is 24.8. The molecule has 2 aromatic carbocycles. The average molecular weight is 492 g/mol. The van der Waals surface area contributed by atoms with Gasteiger partial charge in [-0.15, -0.1) is 0 Å². The molecule has 0 radical (unpaired) electrons. The number of nitrogens with one attached hydrogen (secondary N) is 2. The summed E-state index contributed by atoms with van der Waals surface area (Å²) in [5, 5.41) is 16.1. The van der Waals surface area contributed by atoms with E-state index in [1.807, 2.05) is 18.2 Å². The standard InChI is InChI=1S/C26H29N5O3S/c1-4-17-5-10-21-22(14-17)35-26(29-21)31-23-15-19(13-16(2)3)28-25(30-23)27-18-6-8-20(9-7-18)34-12-11-24(32)33/h5-10,14-16H,4,11-13H2,1-3H3,(H,32,33)(H2,27,28,29,30,31). The molecule has 0 fully saturated rings. The number of ether oxygens (including phenoxy) is 1. The number of aliphatic carboxylic acids is 1. The summed E-state index contributed by atoms with van der Waals surface area (Å²) in [6.07, 6.45) is 1.77. The average Bonchev–Trinajstić information content (AvgIpc) is 3.20. The lowest BCUT2D eigenvalue weighted by atomic mass is 10.1. The van der Waals surface area contributed by atoms with E-state index >= 15 is 0 Å². The zero-order valence-electron chi connectivity index (χ0n) is 20.0. The number of benzene rings is 2. The monoisotopic (exact) mass is 491 g/mol. The first-order valence-corrected chi connectivity index (χ1v) is 12.5. The van der Waals surface area contributed by atoms with Crippen molar-refractivity contribution in [2.24, 2.45) is 5.92 Å². The Labute approximate surface area is 208 Å². The molecule has 0 aliphatic heterocycles. The maximum Gasteiger partial charge on any atom is 0.306 e. The van der Waals surface area contributed by atoms with Crippen molar-refractivity contribution in [3.8, 4) is 5.75 Å². The van der Waals surface area contributed by atoms with Crippen molar-refractivity contribution in [3.05, 3.63) is 59.8 Å². The number of fused-ring (bicyclic) bond motifs is 1. The third-order valence-electron chi connectivity index (χ3n) is 5.19. The van der Waals surface area contributed by atoms with Crippen molar-refractivity contribution in [1.29, 1.82) is 0 Å². The minimum absolute atomic E-state index is 0.0410. The third kappa shape index (κ3) is 6.89. The molecule has 9 heteroatoms.